The summed E-state index contributed by atoms with van der Waals surface area (Å²) in [6, 6.07) is 9.17. The maximum absolute atomic E-state index is 12.3. The van der Waals surface area contributed by atoms with Gasteiger partial charge in [0.1, 0.15) is 5.82 Å². The highest BCUT2D eigenvalue weighted by Gasteiger charge is 2.36. The molecule has 2 aliphatic carbocycles. The maximum atomic E-state index is 12.3. The van der Waals surface area contributed by atoms with Crippen LogP contribution < -0.4 is 0 Å². The second kappa shape index (κ2) is 5.94. The monoisotopic (exact) mass is 349 g/mol. The molecule has 0 saturated heterocycles. The van der Waals surface area contributed by atoms with E-state index in [4.69, 9.17) is 0 Å². The van der Waals surface area contributed by atoms with Crippen molar-refractivity contribution in [2.24, 2.45) is 0 Å². The van der Waals surface area contributed by atoms with Crippen LogP contribution in [0.2, 0.25) is 0 Å². The van der Waals surface area contributed by atoms with Crippen molar-refractivity contribution in [3.05, 3.63) is 36.2 Å². The Morgan fingerprint density at radius 1 is 1.09 bits per heavy atom. The van der Waals surface area contributed by atoms with E-state index in [1.165, 1.54) is 37.4 Å². The van der Waals surface area contributed by atoms with E-state index < -0.39 is 9.84 Å². The summed E-state index contributed by atoms with van der Waals surface area (Å²) in [5, 5.41) is 9.55. The zero-order valence-corrected chi connectivity index (χ0v) is 14.4. The SMILES string of the molecule is O=S(=O)(CCSc1nnc(C2CC2)n1C1CC1)c1ccccc1. The van der Waals surface area contributed by atoms with Crippen molar-refractivity contribution in [3.8, 4) is 0 Å². The fraction of sp³-hybridized carbons (Fsp3) is 0.500. The van der Waals surface area contributed by atoms with E-state index in [-0.39, 0.29) is 5.75 Å². The van der Waals surface area contributed by atoms with Crippen LogP contribution in [0.5, 0.6) is 0 Å². The van der Waals surface area contributed by atoms with Crippen molar-refractivity contribution in [1.82, 2.24) is 14.8 Å². The summed E-state index contributed by atoms with van der Waals surface area (Å²) >= 11 is 1.51. The molecule has 2 saturated carbocycles. The summed E-state index contributed by atoms with van der Waals surface area (Å²) in [7, 11) is -3.22. The Morgan fingerprint density at radius 2 is 1.83 bits per heavy atom. The molecule has 0 aliphatic heterocycles. The van der Waals surface area contributed by atoms with Gasteiger partial charge in [0.2, 0.25) is 0 Å². The number of nitrogens with zero attached hydrogens (tertiary/aromatic N) is 3. The fourth-order valence-electron chi connectivity index (χ4n) is 2.67. The molecule has 1 aromatic heterocycles. The van der Waals surface area contributed by atoms with Crippen LogP contribution in [0, 0.1) is 0 Å². The van der Waals surface area contributed by atoms with Gasteiger partial charge in [-0.1, -0.05) is 30.0 Å². The van der Waals surface area contributed by atoms with E-state index in [1.54, 1.807) is 24.3 Å². The van der Waals surface area contributed by atoms with Crippen molar-refractivity contribution in [2.45, 2.75) is 47.7 Å². The maximum Gasteiger partial charge on any atom is 0.191 e. The number of thioether (sulfide) groups is 1. The normalized spacial score (nSPS) is 18.3. The summed E-state index contributed by atoms with van der Waals surface area (Å²) in [5.74, 6) is 2.32. The summed E-state index contributed by atoms with van der Waals surface area (Å²) in [5.41, 5.74) is 0. The molecule has 23 heavy (non-hydrogen) atoms. The zero-order valence-electron chi connectivity index (χ0n) is 12.8. The molecule has 7 heteroatoms. The molecule has 1 heterocycles. The molecule has 2 aliphatic rings. The molecular formula is C16H19N3O2S2. The Morgan fingerprint density at radius 3 is 2.48 bits per heavy atom. The minimum Gasteiger partial charge on any atom is -0.303 e. The number of hydrogen-bond acceptors (Lipinski definition) is 5. The van der Waals surface area contributed by atoms with Crippen molar-refractivity contribution in [3.63, 3.8) is 0 Å². The van der Waals surface area contributed by atoms with Crippen molar-refractivity contribution in [1.29, 1.82) is 0 Å². The van der Waals surface area contributed by atoms with Crippen LogP contribution in [-0.2, 0) is 9.84 Å². The first-order chi connectivity index (χ1) is 11.1. The Kier molecular flexibility index (Phi) is 3.93. The van der Waals surface area contributed by atoms with Crippen molar-refractivity contribution in [2.75, 3.05) is 11.5 Å². The molecule has 0 spiro atoms. The lowest BCUT2D eigenvalue weighted by molar-refractivity contribution is 0.597. The molecule has 2 aromatic rings. The lowest BCUT2D eigenvalue weighted by atomic mass is 10.4. The molecule has 0 N–H and O–H groups in total. The predicted octanol–water partition coefficient (Wildman–Crippen LogP) is 3.06. The molecule has 2 fully saturated rings. The molecule has 0 radical (unpaired) electrons. The van der Waals surface area contributed by atoms with Crippen molar-refractivity contribution >= 4 is 21.6 Å². The smallest absolute Gasteiger partial charge is 0.191 e. The summed E-state index contributed by atoms with van der Waals surface area (Å²) in [4.78, 5) is 0.392. The van der Waals surface area contributed by atoms with Gasteiger partial charge in [-0.25, -0.2) is 8.42 Å². The quantitative estimate of drug-likeness (QED) is 0.719. The number of benzene rings is 1. The molecule has 4 rings (SSSR count). The Bertz CT molecular complexity index is 794. The zero-order chi connectivity index (χ0) is 15.9. The average molecular weight is 349 g/mol. The van der Waals surface area contributed by atoms with Gasteiger partial charge in [0.05, 0.1) is 10.6 Å². The molecular weight excluding hydrogens is 330 g/mol. The third-order valence-corrected chi connectivity index (χ3v) is 7.17. The Labute approximate surface area is 140 Å². The minimum atomic E-state index is -3.22. The Hall–Kier alpha value is -1.34. The first kappa shape index (κ1) is 15.2. The lowest BCUT2D eigenvalue weighted by Gasteiger charge is -2.08. The molecule has 5 nitrogen and oxygen atoms in total. The third-order valence-electron chi connectivity index (χ3n) is 4.23. The standard InChI is InChI=1S/C16H19N3O2S2/c20-23(21,14-4-2-1-3-5-14)11-10-22-16-18-17-15(12-6-7-12)19(16)13-8-9-13/h1-5,12-13H,6-11H2. The van der Waals surface area contributed by atoms with Gasteiger partial charge in [0.15, 0.2) is 15.0 Å². The van der Waals surface area contributed by atoms with E-state index in [0.717, 1.165) is 11.0 Å². The van der Waals surface area contributed by atoms with Gasteiger partial charge in [0.25, 0.3) is 0 Å². The molecule has 1 aromatic carbocycles. The summed E-state index contributed by atoms with van der Waals surface area (Å²) in [6.45, 7) is 0. The Balaban J connectivity index is 1.44. The van der Waals surface area contributed by atoms with E-state index >= 15 is 0 Å². The van der Waals surface area contributed by atoms with Crippen LogP contribution in [0.4, 0.5) is 0 Å². The molecule has 122 valence electrons. The van der Waals surface area contributed by atoms with Crippen molar-refractivity contribution < 1.29 is 8.42 Å². The van der Waals surface area contributed by atoms with Gasteiger partial charge in [-0.3, -0.25) is 0 Å². The first-order valence-electron chi connectivity index (χ1n) is 8.00. The molecule has 0 unspecified atom stereocenters. The number of aromatic nitrogens is 3. The fourth-order valence-corrected chi connectivity index (χ4v) is 5.35. The van der Waals surface area contributed by atoms with E-state index in [0.29, 0.717) is 22.6 Å². The molecule has 0 amide bonds. The van der Waals surface area contributed by atoms with Crippen LogP contribution in [0.1, 0.15) is 43.5 Å². The van der Waals surface area contributed by atoms with Crippen LogP contribution in [0.3, 0.4) is 0 Å². The van der Waals surface area contributed by atoms with Crippen LogP contribution in [0.25, 0.3) is 0 Å². The number of hydrogen-bond donors (Lipinski definition) is 0. The second-order valence-corrected chi connectivity index (χ2v) is 9.37. The lowest BCUT2D eigenvalue weighted by Crippen LogP contribution is -2.09. The highest BCUT2D eigenvalue weighted by molar-refractivity contribution is 8.00. The van der Waals surface area contributed by atoms with Crippen LogP contribution in [-0.4, -0.2) is 34.7 Å². The van der Waals surface area contributed by atoms with Crippen LogP contribution in [0.15, 0.2) is 40.4 Å². The summed E-state index contributed by atoms with van der Waals surface area (Å²) in [6.07, 6.45) is 4.79. The highest BCUT2D eigenvalue weighted by atomic mass is 32.2. The van der Waals surface area contributed by atoms with Gasteiger partial charge >= 0.3 is 0 Å². The predicted molar refractivity (Wildman–Crippen MR) is 89.5 cm³/mol. The largest absolute Gasteiger partial charge is 0.303 e. The second-order valence-electron chi connectivity index (χ2n) is 6.20. The van der Waals surface area contributed by atoms with E-state index in [1.807, 2.05) is 6.07 Å². The van der Waals surface area contributed by atoms with Gasteiger partial charge in [-0.2, -0.15) is 0 Å². The number of rotatable bonds is 7. The molecule has 0 bridgehead atoms. The topological polar surface area (TPSA) is 64.8 Å². The van der Waals surface area contributed by atoms with Crippen LogP contribution >= 0.6 is 11.8 Å². The van der Waals surface area contributed by atoms with Gasteiger partial charge in [-0.05, 0) is 37.8 Å². The highest BCUT2D eigenvalue weighted by Crippen LogP contribution is 2.45. The number of sulfone groups is 1. The first-order valence-corrected chi connectivity index (χ1v) is 10.6. The van der Waals surface area contributed by atoms with Gasteiger partial charge < -0.3 is 4.57 Å². The third kappa shape index (κ3) is 3.30. The van der Waals surface area contributed by atoms with Gasteiger partial charge in [0, 0.05) is 17.7 Å². The van der Waals surface area contributed by atoms with Gasteiger partial charge in [-0.15, -0.1) is 10.2 Å². The van der Waals surface area contributed by atoms with E-state index in [9.17, 15) is 8.42 Å². The summed E-state index contributed by atoms with van der Waals surface area (Å²) < 4.78 is 26.9. The average Bonchev–Trinajstić information content (AvgIpc) is 3.47. The minimum absolute atomic E-state index is 0.123. The van der Waals surface area contributed by atoms with E-state index in [2.05, 4.69) is 14.8 Å². The molecule has 0 atom stereocenters.